The first-order chi connectivity index (χ1) is 5.40. The van der Waals surface area contributed by atoms with Crippen LogP contribution in [0.1, 0.15) is 12.8 Å². The molecule has 0 aromatic heterocycles. The lowest BCUT2D eigenvalue weighted by Crippen LogP contribution is -2.34. The zero-order chi connectivity index (χ0) is 7.68. The molecule has 0 spiro atoms. The number of halogens is 1. The molecule has 11 heavy (non-hydrogen) atoms. The predicted octanol–water partition coefficient (Wildman–Crippen LogP) is 1.81. The zero-order valence-corrected chi connectivity index (χ0v) is 8.20. The van der Waals surface area contributed by atoms with Crippen molar-refractivity contribution in [3.05, 3.63) is 0 Å². The normalized spacial score (nSPS) is 36.8. The summed E-state index contributed by atoms with van der Waals surface area (Å²) in [7, 11) is 0. The standard InChI is InChI=1S/C8H14ClNS/c9-2-1-3-10-5-8-4-7(10)6-11-8/h7-8H,1-6H2. The minimum absolute atomic E-state index is 0.820. The van der Waals surface area contributed by atoms with Gasteiger partial charge in [-0.1, -0.05) is 0 Å². The van der Waals surface area contributed by atoms with Gasteiger partial charge in [0, 0.05) is 29.5 Å². The molecule has 2 saturated heterocycles. The highest BCUT2D eigenvalue weighted by molar-refractivity contribution is 8.00. The van der Waals surface area contributed by atoms with Crippen molar-refractivity contribution in [1.29, 1.82) is 0 Å². The molecular formula is C8H14ClNS. The summed E-state index contributed by atoms with van der Waals surface area (Å²) in [5.41, 5.74) is 0. The first-order valence-corrected chi connectivity index (χ1v) is 5.90. The summed E-state index contributed by atoms with van der Waals surface area (Å²) in [6, 6.07) is 0.896. The van der Waals surface area contributed by atoms with Gasteiger partial charge in [-0.3, -0.25) is 4.90 Å². The molecule has 0 aliphatic carbocycles. The van der Waals surface area contributed by atoms with Crippen LogP contribution in [0, 0.1) is 0 Å². The van der Waals surface area contributed by atoms with Crippen LogP contribution in [-0.2, 0) is 0 Å². The second-order valence-corrected chi connectivity index (χ2v) is 5.09. The maximum absolute atomic E-state index is 5.65. The Kier molecular flexibility index (Phi) is 2.65. The van der Waals surface area contributed by atoms with E-state index < -0.39 is 0 Å². The maximum Gasteiger partial charge on any atom is 0.0235 e. The summed E-state index contributed by atoms with van der Waals surface area (Å²) in [6.45, 7) is 2.55. The molecule has 2 rings (SSSR count). The third kappa shape index (κ3) is 1.68. The Morgan fingerprint density at radius 3 is 3.00 bits per heavy atom. The Labute approximate surface area is 77.5 Å². The quantitative estimate of drug-likeness (QED) is 0.626. The molecular weight excluding hydrogens is 178 g/mol. The van der Waals surface area contributed by atoms with Gasteiger partial charge in [0.15, 0.2) is 0 Å². The fraction of sp³-hybridized carbons (Fsp3) is 1.00. The Bertz CT molecular complexity index is 142. The smallest absolute Gasteiger partial charge is 0.0235 e. The summed E-state index contributed by atoms with van der Waals surface area (Å²) < 4.78 is 0. The van der Waals surface area contributed by atoms with E-state index >= 15 is 0 Å². The van der Waals surface area contributed by atoms with Gasteiger partial charge in [-0.05, 0) is 19.4 Å². The molecule has 0 N–H and O–H groups in total. The van der Waals surface area contributed by atoms with Gasteiger partial charge >= 0.3 is 0 Å². The van der Waals surface area contributed by atoms with Crippen molar-refractivity contribution in [3.63, 3.8) is 0 Å². The van der Waals surface area contributed by atoms with Gasteiger partial charge in [0.2, 0.25) is 0 Å². The second-order valence-electron chi connectivity index (χ2n) is 3.38. The third-order valence-electron chi connectivity index (χ3n) is 2.59. The van der Waals surface area contributed by atoms with Crippen molar-refractivity contribution in [2.75, 3.05) is 24.7 Å². The van der Waals surface area contributed by atoms with Crippen LogP contribution in [-0.4, -0.2) is 40.9 Å². The molecule has 0 radical (unpaired) electrons. The van der Waals surface area contributed by atoms with Gasteiger partial charge < -0.3 is 0 Å². The van der Waals surface area contributed by atoms with E-state index in [9.17, 15) is 0 Å². The minimum Gasteiger partial charge on any atom is -0.298 e. The highest BCUT2D eigenvalue weighted by Crippen LogP contribution is 2.37. The van der Waals surface area contributed by atoms with Gasteiger partial charge in [-0.25, -0.2) is 0 Å². The molecule has 2 unspecified atom stereocenters. The lowest BCUT2D eigenvalue weighted by molar-refractivity contribution is 0.271. The molecule has 2 atom stereocenters. The summed E-state index contributed by atoms with van der Waals surface area (Å²) in [4.78, 5) is 2.61. The summed E-state index contributed by atoms with van der Waals surface area (Å²) in [5.74, 6) is 2.19. The van der Waals surface area contributed by atoms with E-state index in [0.717, 1.165) is 23.6 Å². The number of nitrogens with zero attached hydrogens (tertiary/aromatic N) is 1. The highest BCUT2D eigenvalue weighted by Gasteiger charge is 2.37. The van der Waals surface area contributed by atoms with Gasteiger partial charge in [0.05, 0.1) is 0 Å². The maximum atomic E-state index is 5.65. The lowest BCUT2D eigenvalue weighted by Gasteiger charge is -2.25. The van der Waals surface area contributed by atoms with E-state index in [1.807, 2.05) is 0 Å². The van der Waals surface area contributed by atoms with Crippen LogP contribution in [0.3, 0.4) is 0 Å². The van der Waals surface area contributed by atoms with Crippen molar-refractivity contribution >= 4 is 23.4 Å². The van der Waals surface area contributed by atoms with Crippen LogP contribution >= 0.6 is 23.4 Å². The van der Waals surface area contributed by atoms with Crippen molar-refractivity contribution in [1.82, 2.24) is 4.90 Å². The molecule has 2 bridgehead atoms. The number of hydrogen-bond acceptors (Lipinski definition) is 2. The van der Waals surface area contributed by atoms with E-state index in [4.69, 9.17) is 11.6 Å². The summed E-state index contributed by atoms with van der Waals surface area (Å²) in [6.07, 6.45) is 2.60. The molecule has 1 nitrogen and oxygen atoms in total. The first kappa shape index (κ1) is 8.21. The third-order valence-corrected chi connectivity index (χ3v) is 4.25. The fourth-order valence-corrected chi connectivity index (χ4v) is 3.63. The lowest BCUT2D eigenvalue weighted by atomic mass is 10.2. The zero-order valence-electron chi connectivity index (χ0n) is 6.63. The minimum atomic E-state index is 0.820. The average Bonchev–Trinajstić information content (AvgIpc) is 2.60. The fourth-order valence-electron chi connectivity index (χ4n) is 2.02. The molecule has 2 aliphatic heterocycles. The second kappa shape index (κ2) is 3.55. The molecule has 2 heterocycles. The number of alkyl halides is 1. The van der Waals surface area contributed by atoms with Crippen molar-refractivity contribution in [2.45, 2.75) is 24.1 Å². The molecule has 3 heteroatoms. The van der Waals surface area contributed by atoms with Gasteiger partial charge in [-0.15, -0.1) is 11.6 Å². The topological polar surface area (TPSA) is 3.24 Å². The molecule has 2 aliphatic rings. The number of likely N-dealkylation sites (tertiary alicyclic amines) is 1. The van der Waals surface area contributed by atoms with Crippen LogP contribution in [0.4, 0.5) is 0 Å². The van der Waals surface area contributed by atoms with Crippen LogP contribution in [0.25, 0.3) is 0 Å². The van der Waals surface area contributed by atoms with E-state index in [0.29, 0.717) is 0 Å². The molecule has 2 fully saturated rings. The van der Waals surface area contributed by atoms with Gasteiger partial charge in [-0.2, -0.15) is 11.8 Å². The van der Waals surface area contributed by atoms with Gasteiger partial charge in [0.25, 0.3) is 0 Å². The average molecular weight is 192 g/mol. The van der Waals surface area contributed by atoms with E-state index in [2.05, 4.69) is 16.7 Å². The number of hydrogen-bond donors (Lipinski definition) is 0. The Morgan fingerprint density at radius 2 is 2.45 bits per heavy atom. The van der Waals surface area contributed by atoms with E-state index in [-0.39, 0.29) is 0 Å². The molecule has 0 amide bonds. The predicted molar refractivity (Wildman–Crippen MR) is 51.6 cm³/mol. The Balaban J connectivity index is 1.78. The van der Waals surface area contributed by atoms with Crippen LogP contribution in [0.15, 0.2) is 0 Å². The first-order valence-electron chi connectivity index (χ1n) is 4.32. The number of thioether (sulfide) groups is 1. The largest absolute Gasteiger partial charge is 0.298 e. The summed E-state index contributed by atoms with van der Waals surface area (Å²) >= 11 is 7.80. The van der Waals surface area contributed by atoms with Crippen LogP contribution in [0.2, 0.25) is 0 Å². The Hall–Kier alpha value is 0.600. The van der Waals surface area contributed by atoms with Crippen molar-refractivity contribution < 1.29 is 0 Å². The Morgan fingerprint density at radius 1 is 1.55 bits per heavy atom. The summed E-state index contributed by atoms with van der Waals surface area (Å²) in [5, 5.41) is 0.954. The molecule has 64 valence electrons. The SMILES string of the molecule is ClCCCN1CC2CC1CS2. The van der Waals surface area contributed by atoms with E-state index in [1.54, 1.807) is 0 Å². The van der Waals surface area contributed by atoms with Crippen molar-refractivity contribution in [3.8, 4) is 0 Å². The molecule has 0 saturated carbocycles. The molecule has 0 aromatic rings. The van der Waals surface area contributed by atoms with Crippen molar-refractivity contribution in [2.24, 2.45) is 0 Å². The monoisotopic (exact) mass is 191 g/mol. The number of fused-ring (bicyclic) bond motifs is 2. The molecule has 0 aromatic carbocycles. The number of rotatable bonds is 3. The highest BCUT2D eigenvalue weighted by atomic mass is 35.5. The van der Waals surface area contributed by atoms with Gasteiger partial charge in [0.1, 0.15) is 0 Å². The van der Waals surface area contributed by atoms with Crippen LogP contribution < -0.4 is 0 Å². The van der Waals surface area contributed by atoms with E-state index in [1.165, 1.54) is 25.3 Å². The van der Waals surface area contributed by atoms with Crippen LogP contribution in [0.5, 0.6) is 0 Å².